The Balaban J connectivity index is 1.72. The van der Waals surface area contributed by atoms with Gasteiger partial charge in [-0.25, -0.2) is 8.42 Å². The Morgan fingerprint density at radius 1 is 1.00 bits per heavy atom. The normalized spacial score (nSPS) is 14.5. The van der Waals surface area contributed by atoms with E-state index in [-0.39, 0.29) is 34.8 Å². The minimum atomic E-state index is -4.33. The third kappa shape index (κ3) is 8.11. The standard InChI is InChI=1S/C31H35ClN4O6S/c1-2-29(31(38)33-25-10-5-3-6-11-25)34(21-23-16-18-24(32)19-17-23)30(37)22-35(26-12-9-13-27(20-26)36(39)40)43(41,42)28-14-7-4-8-15-28/h4,7-9,12-20,25,29H,2-3,5-6,10-11,21-22H2,1H3,(H,33,38)/t29-/m0/s1. The number of nitrogens with zero attached hydrogens (tertiary/aromatic N) is 3. The minimum absolute atomic E-state index is 0.0163. The van der Waals surface area contributed by atoms with E-state index in [0.29, 0.717) is 17.0 Å². The third-order valence-corrected chi connectivity index (χ3v) is 9.58. The number of rotatable bonds is 12. The lowest BCUT2D eigenvalue weighted by Crippen LogP contribution is -2.54. The molecule has 3 aromatic rings. The van der Waals surface area contributed by atoms with E-state index in [9.17, 15) is 28.1 Å². The summed E-state index contributed by atoms with van der Waals surface area (Å²) in [5.41, 5.74) is 0.335. The molecule has 0 aromatic heterocycles. The summed E-state index contributed by atoms with van der Waals surface area (Å²) in [5, 5.41) is 15.1. The highest BCUT2D eigenvalue weighted by Crippen LogP contribution is 2.28. The zero-order chi connectivity index (χ0) is 31.0. The molecule has 12 heteroatoms. The fourth-order valence-corrected chi connectivity index (χ4v) is 6.81. The van der Waals surface area contributed by atoms with Gasteiger partial charge in [-0.05, 0) is 55.2 Å². The zero-order valence-corrected chi connectivity index (χ0v) is 25.5. The molecule has 0 bridgehead atoms. The summed E-state index contributed by atoms with van der Waals surface area (Å²) in [6.07, 6.45) is 5.18. The molecule has 1 saturated carbocycles. The predicted molar refractivity (Wildman–Crippen MR) is 165 cm³/mol. The molecule has 1 aliphatic rings. The maximum atomic E-state index is 14.2. The van der Waals surface area contributed by atoms with Crippen LogP contribution in [-0.2, 0) is 26.2 Å². The van der Waals surface area contributed by atoms with Gasteiger partial charge in [0.25, 0.3) is 15.7 Å². The molecule has 0 heterocycles. The van der Waals surface area contributed by atoms with Crippen molar-refractivity contribution < 1.29 is 22.9 Å². The Hall–Kier alpha value is -3.96. The van der Waals surface area contributed by atoms with Gasteiger partial charge in [0.1, 0.15) is 12.6 Å². The topological polar surface area (TPSA) is 130 Å². The molecule has 2 amide bonds. The number of halogens is 1. The smallest absolute Gasteiger partial charge is 0.271 e. The molecule has 0 saturated heterocycles. The lowest BCUT2D eigenvalue weighted by Gasteiger charge is -2.34. The summed E-state index contributed by atoms with van der Waals surface area (Å²) >= 11 is 6.07. The maximum absolute atomic E-state index is 14.2. The molecule has 1 atom stereocenters. The molecule has 1 aliphatic carbocycles. The number of carbonyl (C=O) groups excluding carboxylic acids is 2. The van der Waals surface area contributed by atoms with Crippen LogP contribution in [0.4, 0.5) is 11.4 Å². The molecule has 0 unspecified atom stereocenters. The molecule has 4 rings (SSSR count). The number of nitrogens with one attached hydrogen (secondary N) is 1. The highest BCUT2D eigenvalue weighted by atomic mass is 35.5. The first-order chi connectivity index (χ1) is 20.6. The van der Waals surface area contributed by atoms with Gasteiger partial charge in [0, 0.05) is 29.7 Å². The van der Waals surface area contributed by atoms with Crippen molar-refractivity contribution in [3.8, 4) is 0 Å². The fraction of sp³-hybridized carbons (Fsp3) is 0.355. The molecular weight excluding hydrogens is 592 g/mol. The van der Waals surface area contributed by atoms with E-state index in [1.807, 2.05) is 0 Å². The summed E-state index contributed by atoms with van der Waals surface area (Å²) < 4.78 is 28.6. The van der Waals surface area contributed by atoms with Crippen LogP contribution in [0.5, 0.6) is 0 Å². The van der Waals surface area contributed by atoms with Crippen molar-refractivity contribution in [3.05, 3.63) is 99.6 Å². The quantitative estimate of drug-likeness (QED) is 0.203. The number of sulfonamides is 1. The minimum Gasteiger partial charge on any atom is -0.352 e. The second-order valence-corrected chi connectivity index (χ2v) is 12.8. The Morgan fingerprint density at radius 2 is 1.67 bits per heavy atom. The Labute approximate surface area is 256 Å². The van der Waals surface area contributed by atoms with E-state index in [1.54, 1.807) is 49.4 Å². The summed E-state index contributed by atoms with van der Waals surface area (Å²) in [7, 11) is -4.33. The van der Waals surface area contributed by atoms with Gasteiger partial charge in [-0.3, -0.25) is 24.0 Å². The Morgan fingerprint density at radius 3 is 2.30 bits per heavy atom. The maximum Gasteiger partial charge on any atom is 0.271 e. The number of non-ortho nitro benzene ring substituents is 1. The van der Waals surface area contributed by atoms with Crippen LogP contribution in [-0.4, -0.2) is 48.7 Å². The van der Waals surface area contributed by atoms with Gasteiger partial charge >= 0.3 is 0 Å². The van der Waals surface area contributed by atoms with E-state index in [4.69, 9.17) is 11.6 Å². The number of amides is 2. The van der Waals surface area contributed by atoms with E-state index >= 15 is 0 Å². The highest BCUT2D eigenvalue weighted by molar-refractivity contribution is 7.92. The van der Waals surface area contributed by atoms with Crippen molar-refractivity contribution in [2.75, 3.05) is 10.8 Å². The van der Waals surface area contributed by atoms with E-state index in [1.165, 1.54) is 35.2 Å². The van der Waals surface area contributed by atoms with Crippen LogP contribution < -0.4 is 9.62 Å². The van der Waals surface area contributed by atoms with Gasteiger partial charge in [0.15, 0.2) is 0 Å². The lowest BCUT2D eigenvalue weighted by atomic mass is 9.95. The van der Waals surface area contributed by atoms with Crippen LogP contribution in [0.1, 0.15) is 51.0 Å². The Kier molecular flexibility index (Phi) is 10.8. The third-order valence-electron chi connectivity index (χ3n) is 7.54. The van der Waals surface area contributed by atoms with Gasteiger partial charge < -0.3 is 10.2 Å². The highest BCUT2D eigenvalue weighted by Gasteiger charge is 2.34. The second-order valence-electron chi connectivity index (χ2n) is 10.5. The van der Waals surface area contributed by atoms with Crippen LogP contribution in [0.25, 0.3) is 0 Å². The van der Waals surface area contributed by atoms with Crippen molar-refractivity contribution >= 4 is 44.8 Å². The van der Waals surface area contributed by atoms with E-state index in [0.717, 1.165) is 42.5 Å². The second kappa shape index (κ2) is 14.5. The summed E-state index contributed by atoms with van der Waals surface area (Å²) in [6.45, 7) is 1.15. The van der Waals surface area contributed by atoms with E-state index in [2.05, 4.69) is 5.32 Å². The first-order valence-electron chi connectivity index (χ1n) is 14.3. The van der Waals surface area contributed by atoms with Gasteiger partial charge in [-0.1, -0.05) is 74.2 Å². The first-order valence-corrected chi connectivity index (χ1v) is 16.1. The van der Waals surface area contributed by atoms with Gasteiger partial charge in [-0.15, -0.1) is 0 Å². The summed E-state index contributed by atoms with van der Waals surface area (Å²) in [6, 6.07) is 18.7. The molecular formula is C31H35ClN4O6S. The number of carbonyl (C=O) groups is 2. The molecule has 228 valence electrons. The summed E-state index contributed by atoms with van der Waals surface area (Å²) in [4.78, 5) is 40.0. The van der Waals surface area contributed by atoms with Gasteiger partial charge in [0.2, 0.25) is 11.8 Å². The van der Waals surface area contributed by atoms with Gasteiger partial charge in [0.05, 0.1) is 15.5 Å². The van der Waals surface area contributed by atoms with Crippen molar-refractivity contribution in [2.24, 2.45) is 0 Å². The van der Waals surface area contributed by atoms with Crippen molar-refractivity contribution in [1.82, 2.24) is 10.2 Å². The monoisotopic (exact) mass is 626 g/mol. The van der Waals surface area contributed by atoms with Crippen LogP contribution in [0, 0.1) is 10.1 Å². The molecule has 43 heavy (non-hydrogen) atoms. The van der Waals surface area contributed by atoms with Crippen LogP contribution in [0.2, 0.25) is 5.02 Å². The molecule has 0 radical (unpaired) electrons. The number of hydrogen-bond acceptors (Lipinski definition) is 6. The number of hydrogen-bond donors (Lipinski definition) is 1. The average molecular weight is 627 g/mol. The average Bonchev–Trinajstić information content (AvgIpc) is 3.01. The first kappa shape index (κ1) is 32.0. The molecule has 3 aromatic carbocycles. The zero-order valence-electron chi connectivity index (χ0n) is 23.9. The largest absolute Gasteiger partial charge is 0.352 e. The molecule has 0 spiro atoms. The van der Waals surface area contributed by atoms with Crippen LogP contribution >= 0.6 is 11.6 Å². The number of nitro benzene ring substituents is 1. The number of anilines is 1. The fourth-order valence-electron chi connectivity index (χ4n) is 5.26. The lowest BCUT2D eigenvalue weighted by molar-refractivity contribution is -0.384. The molecule has 10 nitrogen and oxygen atoms in total. The van der Waals surface area contributed by atoms with Crippen LogP contribution in [0.3, 0.4) is 0 Å². The van der Waals surface area contributed by atoms with E-state index < -0.39 is 33.4 Å². The molecule has 0 aliphatic heterocycles. The summed E-state index contributed by atoms with van der Waals surface area (Å²) in [5.74, 6) is -0.934. The van der Waals surface area contributed by atoms with Crippen molar-refractivity contribution in [2.45, 2.75) is 69.0 Å². The molecule has 1 fully saturated rings. The Bertz CT molecular complexity index is 1530. The predicted octanol–water partition coefficient (Wildman–Crippen LogP) is 5.70. The number of benzene rings is 3. The molecule has 1 N–H and O–H groups in total. The van der Waals surface area contributed by atoms with Crippen molar-refractivity contribution in [1.29, 1.82) is 0 Å². The van der Waals surface area contributed by atoms with Gasteiger partial charge in [-0.2, -0.15) is 0 Å². The van der Waals surface area contributed by atoms with Crippen LogP contribution in [0.15, 0.2) is 83.8 Å². The SMILES string of the molecule is CC[C@@H](C(=O)NC1CCCCC1)N(Cc1ccc(Cl)cc1)C(=O)CN(c1cccc([N+](=O)[O-])c1)S(=O)(=O)c1ccccc1. The number of nitro groups is 1. The van der Waals surface area contributed by atoms with Crippen molar-refractivity contribution in [3.63, 3.8) is 0 Å².